The Morgan fingerprint density at radius 3 is 2.50 bits per heavy atom. The van der Waals surface area contributed by atoms with Crippen LogP contribution in [0.15, 0.2) is 29.1 Å². The number of hydrogen-bond acceptors (Lipinski definition) is 3. The second-order valence-electron chi connectivity index (χ2n) is 7.65. The summed E-state index contributed by atoms with van der Waals surface area (Å²) >= 11 is 0. The van der Waals surface area contributed by atoms with Gasteiger partial charge in [0.1, 0.15) is 0 Å². The maximum absolute atomic E-state index is 12.4. The summed E-state index contributed by atoms with van der Waals surface area (Å²) in [7, 11) is 3.61. The fraction of sp³-hybridized carbons (Fsp3) is 0.579. The zero-order valence-electron chi connectivity index (χ0n) is 15.5. The molecule has 1 unspecified atom stereocenters. The topological polar surface area (TPSA) is 64.6 Å². The molecule has 7 nitrogen and oxygen atoms in total. The molecular formula is C19H27N5O2. The molecule has 7 heteroatoms. The van der Waals surface area contributed by atoms with Crippen LogP contribution in [0.1, 0.15) is 25.3 Å². The number of amides is 2. The van der Waals surface area contributed by atoms with Gasteiger partial charge in [0.2, 0.25) is 0 Å². The number of fused-ring (bicyclic) bond motifs is 1. The molecule has 2 aliphatic rings. The molecule has 0 bridgehead atoms. The molecule has 2 saturated heterocycles. The monoisotopic (exact) mass is 357 g/mol. The first-order chi connectivity index (χ1) is 12.5. The molecule has 1 atom stereocenters. The van der Waals surface area contributed by atoms with Crippen molar-refractivity contribution < 1.29 is 4.79 Å². The average molecular weight is 357 g/mol. The number of imidazole rings is 1. The normalized spacial score (nSPS) is 22.2. The number of piperidine rings is 1. The molecule has 2 fully saturated rings. The Hall–Kier alpha value is -2.28. The minimum Gasteiger partial charge on any atom is -0.331 e. The predicted molar refractivity (Wildman–Crippen MR) is 101 cm³/mol. The number of hydrogen-bond donors (Lipinski definition) is 1. The van der Waals surface area contributed by atoms with Gasteiger partial charge in [0, 0.05) is 52.4 Å². The van der Waals surface area contributed by atoms with Gasteiger partial charge in [-0.15, -0.1) is 0 Å². The highest BCUT2D eigenvalue weighted by Crippen LogP contribution is 2.28. The first-order valence-corrected chi connectivity index (χ1v) is 9.44. The van der Waals surface area contributed by atoms with Crippen LogP contribution in [0.4, 0.5) is 4.79 Å². The summed E-state index contributed by atoms with van der Waals surface area (Å²) in [6.45, 7) is 3.61. The number of likely N-dealkylation sites (tertiary alicyclic amines) is 2. The second kappa shape index (κ2) is 6.79. The van der Waals surface area contributed by atoms with Crippen LogP contribution in [0, 0.1) is 0 Å². The number of carbonyl (C=O) groups is 1. The number of H-pyrrole nitrogens is 1. The van der Waals surface area contributed by atoms with E-state index in [-0.39, 0.29) is 17.8 Å². The van der Waals surface area contributed by atoms with Crippen molar-refractivity contribution in [1.82, 2.24) is 24.3 Å². The lowest BCUT2D eigenvalue weighted by Crippen LogP contribution is -2.45. The summed E-state index contributed by atoms with van der Waals surface area (Å²) in [5.41, 5.74) is 1.90. The Morgan fingerprint density at radius 2 is 1.77 bits per heavy atom. The van der Waals surface area contributed by atoms with Crippen molar-refractivity contribution in [3.05, 3.63) is 34.7 Å². The first kappa shape index (κ1) is 17.1. The van der Waals surface area contributed by atoms with E-state index in [9.17, 15) is 9.59 Å². The van der Waals surface area contributed by atoms with Crippen molar-refractivity contribution in [3.63, 3.8) is 0 Å². The van der Waals surface area contributed by atoms with Gasteiger partial charge in [-0.3, -0.25) is 9.47 Å². The van der Waals surface area contributed by atoms with E-state index in [2.05, 4.69) is 9.88 Å². The summed E-state index contributed by atoms with van der Waals surface area (Å²) in [5.74, 6) is 0. The van der Waals surface area contributed by atoms with E-state index in [1.807, 2.05) is 33.7 Å². The van der Waals surface area contributed by atoms with Crippen molar-refractivity contribution in [2.45, 2.75) is 31.3 Å². The fourth-order valence-electron chi connectivity index (χ4n) is 4.44. The Balaban J connectivity index is 1.41. The largest absolute Gasteiger partial charge is 0.331 e. The highest BCUT2D eigenvalue weighted by Gasteiger charge is 2.33. The van der Waals surface area contributed by atoms with Gasteiger partial charge in [-0.25, -0.2) is 9.59 Å². The fourth-order valence-corrected chi connectivity index (χ4v) is 4.44. The lowest BCUT2D eigenvalue weighted by atomic mass is 10.0. The molecule has 1 aromatic carbocycles. The van der Waals surface area contributed by atoms with Crippen LogP contribution in [0.25, 0.3) is 11.0 Å². The summed E-state index contributed by atoms with van der Waals surface area (Å²) in [5, 5.41) is 0. The zero-order chi connectivity index (χ0) is 18.3. The zero-order valence-corrected chi connectivity index (χ0v) is 15.5. The first-order valence-electron chi connectivity index (χ1n) is 9.44. The predicted octanol–water partition coefficient (Wildman–Crippen LogP) is 1.72. The van der Waals surface area contributed by atoms with Crippen molar-refractivity contribution in [2.75, 3.05) is 40.3 Å². The van der Waals surface area contributed by atoms with Gasteiger partial charge in [-0.1, -0.05) is 12.1 Å². The number of benzene rings is 1. The third kappa shape index (κ3) is 3.00. The Morgan fingerprint density at radius 1 is 1.08 bits per heavy atom. The van der Waals surface area contributed by atoms with E-state index in [1.54, 1.807) is 19.0 Å². The van der Waals surface area contributed by atoms with Crippen LogP contribution in [0.3, 0.4) is 0 Å². The molecule has 0 saturated carbocycles. The lowest BCUT2D eigenvalue weighted by Gasteiger charge is -2.36. The maximum Gasteiger partial charge on any atom is 0.326 e. The minimum atomic E-state index is -0.00623. The highest BCUT2D eigenvalue weighted by atomic mass is 16.2. The van der Waals surface area contributed by atoms with Crippen molar-refractivity contribution in [3.8, 4) is 0 Å². The van der Waals surface area contributed by atoms with Crippen LogP contribution in [-0.2, 0) is 0 Å². The standard InChI is InChI=1S/C19H27N5O2/c1-21(2)19(26)23-12-9-15(13-23)22-10-7-14(8-11-22)24-17-6-4-3-5-16(17)20-18(24)25/h3-6,14-15H,7-13H2,1-2H3,(H,20,25). The number of para-hydroxylation sites is 2. The summed E-state index contributed by atoms with van der Waals surface area (Å²) < 4.78 is 1.93. The molecular weight excluding hydrogens is 330 g/mol. The molecule has 26 heavy (non-hydrogen) atoms. The molecule has 140 valence electrons. The van der Waals surface area contributed by atoms with Crippen LogP contribution in [-0.4, -0.2) is 76.6 Å². The van der Waals surface area contributed by atoms with Gasteiger partial charge < -0.3 is 14.8 Å². The van der Waals surface area contributed by atoms with E-state index in [0.29, 0.717) is 6.04 Å². The third-order valence-electron chi connectivity index (χ3n) is 5.82. The molecule has 4 rings (SSSR count). The smallest absolute Gasteiger partial charge is 0.326 e. The van der Waals surface area contributed by atoms with Crippen LogP contribution in [0.2, 0.25) is 0 Å². The number of nitrogens with one attached hydrogen (secondary N) is 1. The lowest BCUT2D eigenvalue weighted by molar-refractivity contribution is 0.133. The van der Waals surface area contributed by atoms with Gasteiger partial charge in [0.25, 0.3) is 0 Å². The van der Waals surface area contributed by atoms with E-state index < -0.39 is 0 Å². The van der Waals surface area contributed by atoms with E-state index in [1.165, 1.54) is 0 Å². The Labute approximate surface area is 153 Å². The van der Waals surface area contributed by atoms with E-state index >= 15 is 0 Å². The number of aromatic nitrogens is 2. The number of nitrogens with zero attached hydrogens (tertiary/aromatic N) is 4. The summed E-state index contributed by atoms with van der Waals surface area (Å²) in [4.78, 5) is 33.6. The minimum absolute atomic E-state index is 0.00623. The molecule has 2 amide bonds. The SMILES string of the molecule is CN(C)C(=O)N1CCC(N2CCC(n3c(=O)[nH]c4ccccc43)CC2)C1. The van der Waals surface area contributed by atoms with E-state index in [4.69, 9.17) is 0 Å². The Bertz CT molecular complexity index is 847. The van der Waals surface area contributed by atoms with E-state index in [0.717, 1.165) is 56.5 Å². The average Bonchev–Trinajstić information content (AvgIpc) is 3.25. The number of urea groups is 1. The van der Waals surface area contributed by atoms with Gasteiger partial charge in [-0.05, 0) is 31.4 Å². The van der Waals surface area contributed by atoms with Gasteiger partial charge in [0.15, 0.2) is 0 Å². The third-order valence-corrected chi connectivity index (χ3v) is 5.82. The molecule has 0 spiro atoms. The molecule has 2 aromatic rings. The maximum atomic E-state index is 12.4. The van der Waals surface area contributed by atoms with Gasteiger partial charge in [-0.2, -0.15) is 0 Å². The quantitative estimate of drug-likeness (QED) is 0.890. The molecule has 2 aliphatic heterocycles. The molecule has 0 aliphatic carbocycles. The molecule has 3 heterocycles. The van der Waals surface area contributed by atoms with Crippen molar-refractivity contribution in [1.29, 1.82) is 0 Å². The highest BCUT2D eigenvalue weighted by molar-refractivity contribution is 5.75. The summed E-state index contributed by atoms with van der Waals surface area (Å²) in [6, 6.07) is 8.70. The molecule has 1 aromatic heterocycles. The number of carbonyl (C=O) groups excluding carboxylic acids is 1. The van der Waals surface area contributed by atoms with Gasteiger partial charge in [0.05, 0.1) is 11.0 Å². The van der Waals surface area contributed by atoms with Gasteiger partial charge >= 0.3 is 11.7 Å². The van der Waals surface area contributed by atoms with Crippen LogP contribution < -0.4 is 5.69 Å². The van der Waals surface area contributed by atoms with Crippen molar-refractivity contribution in [2.24, 2.45) is 0 Å². The second-order valence-corrected chi connectivity index (χ2v) is 7.65. The Kier molecular flexibility index (Phi) is 4.48. The summed E-state index contributed by atoms with van der Waals surface area (Å²) in [6.07, 6.45) is 2.98. The molecule has 1 N–H and O–H groups in total. The van der Waals surface area contributed by atoms with Crippen LogP contribution in [0.5, 0.6) is 0 Å². The van der Waals surface area contributed by atoms with Crippen molar-refractivity contribution >= 4 is 17.1 Å². The van der Waals surface area contributed by atoms with Crippen LogP contribution >= 0.6 is 0 Å². The molecule has 0 radical (unpaired) electrons. The number of aromatic amines is 1. The number of rotatable bonds is 2.